The molecule has 0 aromatic carbocycles. The largest absolute Gasteiger partial charge is 0.354 e. The molecule has 1 saturated heterocycles. The van der Waals surface area contributed by atoms with Crippen LogP contribution in [0.4, 0.5) is 5.82 Å². The first-order valence-corrected chi connectivity index (χ1v) is 6.73. The van der Waals surface area contributed by atoms with Crippen LogP contribution in [0.2, 0.25) is 5.02 Å². The van der Waals surface area contributed by atoms with Gasteiger partial charge in [0, 0.05) is 19.1 Å². The summed E-state index contributed by atoms with van der Waals surface area (Å²) < 4.78 is 0. The molecular weight excluding hydrogens is 234 g/mol. The molecule has 1 atom stereocenters. The van der Waals surface area contributed by atoms with E-state index in [4.69, 9.17) is 11.6 Å². The van der Waals surface area contributed by atoms with Gasteiger partial charge in [0.2, 0.25) is 0 Å². The zero-order chi connectivity index (χ0) is 12.3. The van der Waals surface area contributed by atoms with Crippen molar-refractivity contribution < 1.29 is 0 Å². The van der Waals surface area contributed by atoms with Crippen LogP contribution in [0.3, 0.4) is 0 Å². The smallest absolute Gasteiger partial charge is 0.129 e. The molecule has 1 unspecified atom stereocenters. The number of pyridine rings is 1. The summed E-state index contributed by atoms with van der Waals surface area (Å²) in [5.41, 5.74) is 0.949. The van der Waals surface area contributed by atoms with Crippen molar-refractivity contribution in [1.29, 1.82) is 0 Å². The van der Waals surface area contributed by atoms with Gasteiger partial charge in [0.15, 0.2) is 0 Å². The predicted octanol–water partition coefficient (Wildman–Crippen LogP) is 2.83. The Balaban J connectivity index is 2.17. The molecule has 0 saturated carbocycles. The molecule has 4 heteroatoms. The van der Waals surface area contributed by atoms with Crippen molar-refractivity contribution in [2.75, 3.05) is 18.0 Å². The molecule has 3 nitrogen and oxygen atoms in total. The number of aromatic nitrogens is 1. The molecule has 2 heterocycles. The summed E-state index contributed by atoms with van der Waals surface area (Å²) in [6.45, 7) is 7.12. The monoisotopic (exact) mass is 253 g/mol. The summed E-state index contributed by atoms with van der Waals surface area (Å²) in [5, 5.41) is 4.02. The molecule has 1 aromatic heterocycles. The third kappa shape index (κ3) is 2.90. The van der Waals surface area contributed by atoms with Crippen molar-refractivity contribution in [3.8, 4) is 0 Å². The lowest BCUT2D eigenvalue weighted by Gasteiger charge is -2.23. The lowest BCUT2D eigenvalue weighted by atomic mass is 10.2. The van der Waals surface area contributed by atoms with Gasteiger partial charge in [0.25, 0.3) is 0 Å². The maximum atomic E-state index is 6.15. The van der Waals surface area contributed by atoms with Crippen molar-refractivity contribution in [3.63, 3.8) is 0 Å². The maximum Gasteiger partial charge on any atom is 0.129 e. The summed E-state index contributed by atoms with van der Waals surface area (Å²) >= 11 is 6.15. The number of anilines is 1. The molecule has 0 amide bonds. The van der Waals surface area contributed by atoms with Crippen molar-refractivity contribution in [2.45, 2.75) is 39.3 Å². The fourth-order valence-corrected chi connectivity index (χ4v) is 2.45. The normalized spacial score (nSPS) is 19.9. The maximum absolute atomic E-state index is 6.15. The van der Waals surface area contributed by atoms with Crippen LogP contribution in [-0.2, 0) is 6.54 Å². The Morgan fingerprint density at radius 3 is 3.00 bits per heavy atom. The third-order valence-corrected chi connectivity index (χ3v) is 3.64. The Morgan fingerprint density at radius 2 is 2.35 bits per heavy atom. The lowest BCUT2D eigenvalue weighted by Crippen LogP contribution is -2.27. The SMILES string of the molecule is CCNCc1nc(N2CCCC2C)ccc1Cl. The summed E-state index contributed by atoms with van der Waals surface area (Å²) in [7, 11) is 0. The second-order valence-electron chi connectivity index (χ2n) is 4.56. The van der Waals surface area contributed by atoms with Gasteiger partial charge in [0.1, 0.15) is 5.82 Å². The van der Waals surface area contributed by atoms with Crippen LogP contribution in [0.1, 0.15) is 32.4 Å². The fraction of sp³-hybridized carbons (Fsp3) is 0.615. The summed E-state index contributed by atoms with van der Waals surface area (Å²) in [6, 6.07) is 4.58. The molecule has 17 heavy (non-hydrogen) atoms. The molecule has 1 aliphatic rings. The summed E-state index contributed by atoms with van der Waals surface area (Å²) in [5.74, 6) is 1.06. The highest BCUT2D eigenvalue weighted by atomic mass is 35.5. The molecule has 1 fully saturated rings. The summed E-state index contributed by atoms with van der Waals surface area (Å²) in [6.07, 6.45) is 2.51. The zero-order valence-corrected chi connectivity index (χ0v) is 11.3. The average molecular weight is 254 g/mol. The highest BCUT2D eigenvalue weighted by Crippen LogP contribution is 2.25. The van der Waals surface area contributed by atoms with Crippen LogP contribution < -0.4 is 10.2 Å². The molecule has 0 radical (unpaired) electrons. The van der Waals surface area contributed by atoms with Gasteiger partial charge in [-0.25, -0.2) is 4.98 Å². The van der Waals surface area contributed by atoms with Gasteiger partial charge in [0.05, 0.1) is 10.7 Å². The van der Waals surface area contributed by atoms with Crippen LogP contribution in [0, 0.1) is 0 Å². The Bertz CT molecular complexity index is 381. The first-order valence-electron chi connectivity index (χ1n) is 6.35. The zero-order valence-electron chi connectivity index (χ0n) is 10.5. The van der Waals surface area contributed by atoms with E-state index in [1.165, 1.54) is 12.8 Å². The average Bonchev–Trinajstić information content (AvgIpc) is 2.75. The van der Waals surface area contributed by atoms with E-state index in [-0.39, 0.29) is 0 Å². The van der Waals surface area contributed by atoms with Gasteiger partial charge in [-0.1, -0.05) is 18.5 Å². The van der Waals surface area contributed by atoms with E-state index in [0.29, 0.717) is 6.04 Å². The van der Waals surface area contributed by atoms with Crippen molar-refractivity contribution in [2.24, 2.45) is 0 Å². The van der Waals surface area contributed by atoms with E-state index in [0.717, 1.165) is 36.2 Å². The quantitative estimate of drug-likeness (QED) is 0.895. The fourth-order valence-electron chi connectivity index (χ4n) is 2.27. The minimum Gasteiger partial charge on any atom is -0.354 e. The van der Waals surface area contributed by atoms with Crippen LogP contribution >= 0.6 is 11.6 Å². The number of hydrogen-bond donors (Lipinski definition) is 1. The van der Waals surface area contributed by atoms with Crippen molar-refractivity contribution >= 4 is 17.4 Å². The van der Waals surface area contributed by atoms with Gasteiger partial charge in [-0.3, -0.25) is 0 Å². The third-order valence-electron chi connectivity index (χ3n) is 3.29. The molecule has 94 valence electrons. The number of nitrogens with one attached hydrogen (secondary N) is 1. The van der Waals surface area contributed by atoms with Crippen LogP contribution in [0.5, 0.6) is 0 Å². The van der Waals surface area contributed by atoms with Crippen LogP contribution in [0.15, 0.2) is 12.1 Å². The van der Waals surface area contributed by atoms with Gasteiger partial charge in [-0.2, -0.15) is 0 Å². The molecule has 0 bridgehead atoms. The van der Waals surface area contributed by atoms with Gasteiger partial charge in [-0.15, -0.1) is 0 Å². The first-order chi connectivity index (χ1) is 8.22. The van der Waals surface area contributed by atoms with E-state index in [2.05, 4.69) is 29.0 Å². The summed E-state index contributed by atoms with van der Waals surface area (Å²) in [4.78, 5) is 7.04. The van der Waals surface area contributed by atoms with Crippen molar-refractivity contribution in [1.82, 2.24) is 10.3 Å². The lowest BCUT2D eigenvalue weighted by molar-refractivity contribution is 0.698. The Hall–Kier alpha value is -0.800. The standard InChI is InChI=1S/C13H20ClN3/c1-3-15-9-12-11(14)6-7-13(16-12)17-8-4-5-10(17)2/h6-7,10,15H,3-5,8-9H2,1-2H3. The van der Waals surface area contributed by atoms with Gasteiger partial charge >= 0.3 is 0 Å². The van der Waals surface area contributed by atoms with E-state index in [1.807, 2.05) is 12.1 Å². The number of nitrogens with zero attached hydrogens (tertiary/aromatic N) is 2. The molecule has 1 aliphatic heterocycles. The minimum absolute atomic E-state index is 0.593. The Morgan fingerprint density at radius 1 is 1.53 bits per heavy atom. The Kier molecular flexibility index (Phi) is 4.24. The highest BCUT2D eigenvalue weighted by Gasteiger charge is 2.21. The molecule has 0 spiro atoms. The van der Waals surface area contributed by atoms with Crippen LogP contribution in [0.25, 0.3) is 0 Å². The Labute approximate surface area is 108 Å². The second kappa shape index (κ2) is 5.69. The topological polar surface area (TPSA) is 28.2 Å². The number of hydrogen-bond acceptors (Lipinski definition) is 3. The van der Waals surface area contributed by atoms with E-state index >= 15 is 0 Å². The first kappa shape index (κ1) is 12.7. The van der Waals surface area contributed by atoms with Crippen molar-refractivity contribution in [3.05, 3.63) is 22.8 Å². The molecule has 0 aliphatic carbocycles. The minimum atomic E-state index is 0.593. The van der Waals surface area contributed by atoms with E-state index < -0.39 is 0 Å². The predicted molar refractivity (Wildman–Crippen MR) is 72.7 cm³/mol. The second-order valence-corrected chi connectivity index (χ2v) is 4.97. The van der Waals surface area contributed by atoms with Crippen LogP contribution in [-0.4, -0.2) is 24.1 Å². The molecular formula is C13H20ClN3. The van der Waals surface area contributed by atoms with E-state index in [1.54, 1.807) is 0 Å². The van der Waals surface area contributed by atoms with Gasteiger partial charge in [-0.05, 0) is 38.4 Å². The van der Waals surface area contributed by atoms with E-state index in [9.17, 15) is 0 Å². The highest BCUT2D eigenvalue weighted by molar-refractivity contribution is 6.31. The number of halogens is 1. The number of rotatable bonds is 4. The van der Waals surface area contributed by atoms with Gasteiger partial charge < -0.3 is 10.2 Å². The molecule has 1 N–H and O–H groups in total. The molecule has 1 aromatic rings. The molecule has 2 rings (SSSR count).